The SMILES string of the molecule is CCCCCO[Si](Oc1ccc([N+](=O)[O-])cc1)(c1ccccc1)c1ccccc1. The maximum atomic E-state index is 11.0. The van der Waals surface area contributed by atoms with Crippen molar-refractivity contribution < 1.29 is 13.8 Å². The number of nitro groups is 1. The van der Waals surface area contributed by atoms with E-state index in [0.29, 0.717) is 12.4 Å². The molecule has 0 aliphatic carbocycles. The molecule has 0 N–H and O–H groups in total. The van der Waals surface area contributed by atoms with Gasteiger partial charge in [0.1, 0.15) is 5.75 Å². The Hall–Kier alpha value is -2.96. The highest BCUT2D eigenvalue weighted by Crippen LogP contribution is 2.22. The average Bonchev–Trinajstić information content (AvgIpc) is 2.77. The van der Waals surface area contributed by atoms with Gasteiger partial charge in [-0.2, -0.15) is 0 Å². The van der Waals surface area contributed by atoms with Crippen molar-refractivity contribution in [3.05, 3.63) is 95.0 Å². The summed E-state index contributed by atoms with van der Waals surface area (Å²) in [6, 6.07) is 26.2. The first-order valence-corrected chi connectivity index (χ1v) is 11.7. The molecule has 150 valence electrons. The third-order valence-electron chi connectivity index (χ3n) is 4.67. The molecule has 0 aromatic heterocycles. The summed E-state index contributed by atoms with van der Waals surface area (Å²) in [7, 11) is -3.05. The van der Waals surface area contributed by atoms with E-state index in [0.717, 1.165) is 29.6 Å². The van der Waals surface area contributed by atoms with Crippen LogP contribution in [0.1, 0.15) is 26.2 Å². The van der Waals surface area contributed by atoms with Crippen LogP contribution in [0.5, 0.6) is 5.75 Å². The standard InChI is InChI=1S/C23H25NO4Si/c1-2-3-10-19-27-29(22-11-6-4-7-12-22,23-13-8-5-9-14-23)28-21-17-15-20(16-18-21)24(25)26/h4-9,11-18H,2-3,10,19H2,1H3. The molecule has 0 radical (unpaired) electrons. The predicted molar refractivity (Wildman–Crippen MR) is 117 cm³/mol. The van der Waals surface area contributed by atoms with Crippen LogP contribution < -0.4 is 14.8 Å². The minimum absolute atomic E-state index is 0.0351. The van der Waals surface area contributed by atoms with Gasteiger partial charge in [-0.05, 0) is 18.6 Å². The van der Waals surface area contributed by atoms with Crippen molar-refractivity contribution in [3.8, 4) is 5.75 Å². The summed E-state index contributed by atoms with van der Waals surface area (Å²) in [5, 5.41) is 13.0. The summed E-state index contributed by atoms with van der Waals surface area (Å²) in [6.45, 7) is 2.75. The van der Waals surface area contributed by atoms with Gasteiger partial charge in [0, 0.05) is 29.1 Å². The summed E-state index contributed by atoms with van der Waals surface area (Å²) in [4.78, 5) is 10.6. The van der Waals surface area contributed by atoms with Crippen molar-refractivity contribution in [2.75, 3.05) is 6.61 Å². The first-order valence-electron chi connectivity index (χ1n) is 9.84. The third-order valence-corrected chi connectivity index (χ3v) is 7.99. The van der Waals surface area contributed by atoms with E-state index in [1.165, 1.54) is 12.1 Å². The van der Waals surface area contributed by atoms with E-state index in [1.807, 2.05) is 60.7 Å². The molecular formula is C23H25NO4Si. The normalized spacial score (nSPS) is 11.2. The first kappa shape index (κ1) is 20.8. The highest BCUT2D eigenvalue weighted by atomic mass is 28.4. The number of nitro benzene ring substituents is 1. The predicted octanol–water partition coefficient (Wildman–Crippen LogP) is 4.44. The van der Waals surface area contributed by atoms with E-state index in [-0.39, 0.29) is 5.69 Å². The van der Waals surface area contributed by atoms with Gasteiger partial charge in [-0.1, -0.05) is 80.4 Å². The van der Waals surface area contributed by atoms with E-state index in [1.54, 1.807) is 12.1 Å². The lowest BCUT2D eigenvalue weighted by atomic mass is 10.3. The summed E-state index contributed by atoms with van der Waals surface area (Å²) in [6.07, 6.45) is 3.15. The maximum Gasteiger partial charge on any atom is 0.468 e. The molecular weight excluding hydrogens is 382 g/mol. The summed E-state index contributed by atoms with van der Waals surface area (Å²) >= 11 is 0. The fourth-order valence-corrected chi connectivity index (χ4v) is 6.29. The number of non-ortho nitro benzene ring substituents is 1. The molecule has 5 nitrogen and oxygen atoms in total. The number of hydrogen-bond acceptors (Lipinski definition) is 4. The van der Waals surface area contributed by atoms with Gasteiger partial charge in [0.15, 0.2) is 0 Å². The molecule has 0 fully saturated rings. The molecule has 6 heteroatoms. The quantitative estimate of drug-likeness (QED) is 0.216. The second-order valence-electron chi connectivity index (χ2n) is 6.76. The van der Waals surface area contributed by atoms with Crippen LogP contribution in [0.25, 0.3) is 0 Å². The van der Waals surface area contributed by atoms with E-state index >= 15 is 0 Å². The maximum absolute atomic E-state index is 11.0. The Bertz CT molecular complexity index is 862. The largest absolute Gasteiger partial charge is 0.514 e. The molecule has 0 spiro atoms. The van der Waals surface area contributed by atoms with Gasteiger partial charge in [-0.15, -0.1) is 0 Å². The Balaban J connectivity index is 2.03. The zero-order valence-electron chi connectivity index (χ0n) is 16.5. The number of hydrogen-bond donors (Lipinski definition) is 0. The van der Waals surface area contributed by atoms with Crippen LogP contribution in [0.4, 0.5) is 5.69 Å². The number of nitrogens with zero attached hydrogens (tertiary/aromatic N) is 1. The summed E-state index contributed by atoms with van der Waals surface area (Å²) in [5.74, 6) is 0.561. The molecule has 3 rings (SSSR count). The summed E-state index contributed by atoms with van der Waals surface area (Å²) in [5.41, 5.74) is 0.0351. The highest BCUT2D eigenvalue weighted by Gasteiger charge is 2.45. The van der Waals surface area contributed by atoms with Gasteiger partial charge in [0.05, 0.1) is 4.92 Å². The van der Waals surface area contributed by atoms with Gasteiger partial charge in [0.25, 0.3) is 5.69 Å². The monoisotopic (exact) mass is 407 g/mol. The summed E-state index contributed by atoms with van der Waals surface area (Å²) < 4.78 is 13.2. The minimum atomic E-state index is -3.05. The van der Waals surface area contributed by atoms with Crippen LogP contribution in [-0.2, 0) is 4.43 Å². The van der Waals surface area contributed by atoms with Gasteiger partial charge in [-0.3, -0.25) is 10.1 Å². The second kappa shape index (κ2) is 10.00. The molecule has 0 atom stereocenters. The molecule has 0 bridgehead atoms. The lowest BCUT2D eigenvalue weighted by molar-refractivity contribution is -0.384. The van der Waals surface area contributed by atoms with Crippen molar-refractivity contribution in [3.63, 3.8) is 0 Å². The molecule has 0 aliphatic rings. The van der Waals surface area contributed by atoms with E-state index in [2.05, 4.69) is 6.92 Å². The van der Waals surface area contributed by atoms with Crippen LogP contribution in [-0.4, -0.2) is 20.1 Å². The van der Waals surface area contributed by atoms with Crippen LogP contribution >= 0.6 is 0 Å². The van der Waals surface area contributed by atoms with Gasteiger partial charge in [0.2, 0.25) is 0 Å². The Morgan fingerprint density at radius 2 is 1.38 bits per heavy atom. The Labute approximate surface area is 172 Å². The Kier molecular flexibility index (Phi) is 7.16. The lowest BCUT2D eigenvalue weighted by Crippen LogP contribution is -2.66. The van der Waals surface area contributed by atoms with Crippen molar-refractivity contribution in [2.24, 2.45) is 0 Å². The fourth-order valence-electron chi connectivity index (χ4n) is 3.17. The molecule has 29 heavy (non-hydrogen) atoms. The molecule has 0 amide bonds. The van der Waals surface area contributed by atoms with Crippen molar-refractivity contribution in [1.82, 2.24) is 0 Å². The van der Waals surface area contributed by atoms with E-state index in [4.69, 9.17) is 8.85 Å². The van der Waals surface area contributed by atoms with Gasteiger partial charge >= 0.3 is 8.56 Å². The molecule has 0 unspecified atom stereocenters. The fraction of sp³-hybridized carbons (Fsp3) is 0.217. The number of rotatable bonds is 10. The Morgan fingerprint density at radius 1 is 0.828 bits per heavy atom. The number of benzene rings is 3. The number of unbranched alkanes of at least 4 members (excludes halogenated alkanes) is 2. The second-order valence-corrected chi connectivity index (χ2v) is 9.64. The molecule has 0 aliphatic heterocycles. The Morgan fingerprint density at radius 3 is 1.86 bits per heavy atom. The zero-order valence-corrected chi connectivity index (χ0v) is 17.5. The van der Waals surface area contributed by atoms with Crippen molar-refractivity contribution in [1.29, 1.82) is 0 Å². The smallest absolute Gasteiger partial charge is 0.468 e. The van der Waals surface area contributed by atoms with E-state index < -0.39 is 13.5 Å². The molecule has 0 heterocycles. The van der Waals surface area contributed by atoms with Crippen LogP contribution in [0.3, 0.4) is 0 Å². The highest BCUT2D eigenvalue weighted by molar-refractivity contribution is 6.93. The zero-order chi connectivity index (χ0) is 20.5. The average molecular weight is 408 g/mol. The van der Waals surface area contributed by atoms with Gasteiger partial charge in [-0.25, -0.2) is 0 Å². The van der Waals surface area contributed by atoms with E-state index in [9.17, 15) is 10.1 Å². The van der Waals surface area contributed by atoms with Crippen molar-refractivity contribution in [2.45, 2.75) is 26.2 Å². The molecule has 3 aromatic rings. The van der Waals surface area contributed by atoms with Crippen molar-refractivity contribution >= 4 is 24.6 Å². The topological polar surface area (TPSA) is 61.6 Å². The van der Waals surface area contributed by atoms with Crippen LogP contribution in [0, 0.1) is 10.1 Å². The van der Waals surface area contributed by atoms with Crippen LogP contribution in [0.15, 0.2) is 84.9 Å². The lowest BCUT2D eigenvalue weighted by Gasteiger charge is -2.32. The molecule has 3 aromatic carbocycles. The van der Waals surface area contributed by atoms with Gasteiger partial charge < -0.3 is 8.85 Å². The first-order chi connectivity index (χ1) is 14.2. The molecule has 0 saturated heterocycles. The third kappa shape index (κ3) is 5.10. The van der Waals surface area contributed by atoms with Crippen LogP contribution in [0.2, 0.25) is 0 Å². The minimum Gasteiger partial charge on any atom is -0.514 e. The molecule has 0 saturated carbocycles.